The molecular formula is C26H42N4O6. The van der Waals surface area contributed by atoms with E-state index in [4.69, 9.17) is 9.47 Å². The Hall–Kier alpha value is -3.14. The third kappa shape index (κ3) is 7.68. The van der Waals surface area contributed by atoms with Crippen molar-refractivity contribution in [3.8, 4) is 0 Å². The first kappa shape index (κ1) is 30.9. The van der Waals surface area contributed by atoms with E-state index in [1.807, 2.05) is 27.7 Å². The first-order valence-electron chi connectivity index (χ1n) is 11.9. The van der Waals surface area contributed by atoms with E-state index in [0.717, 1.165) is 5.57 Å². The second-order valence-corrected chi connectivity index (χ2v) is 9.55. The van der Waals surface area contributed by atoms with Gasteiger partial charge in [0.1, 0.15) is 11.6 Å². The van der Waals surface area contributed by atoms with Crippen LogP contribution in [0.1, 0.15) is 66.8 Å². The van der Waals surface area contributed by atoms with Crippen molar-refractivity contribution in [1.82, 2.24) is 19.4 Å². The molecule has 1 N–H and O–H groups in total. The van der Waals surface area contributed by atoms with Gasteiger partial charge in [0.25, 0.3) is 0 Å². The Morgan fingerprint density at radius 2 is 1.92 bits per heavy atom. The molecule has 3 amide bonds. The highest BCUT2D eigenvalue weighted by Gasteiger charge is 2.30. The van der Waals surface area contributed by atoms with Gasteiger partial charge in [0.05, 0.1) is 17.3 Å². The van der Waals surface area contributed by atoms with Gasteiger partial charge in [0.15, 0.2) is 0 Å². The lowest BCUT2D eigenvalue weighted by Crippen LogP contribution is -2.47. The Balaban J connectivity index is 0.00000648. The molecule has 1 unspecified atom stereocenters. The summed E-state index contributed by atoms with van der Waals surface area (Å²) in [4.78, 5) is 50.5. The summed E-state index contributed by atoms with van der Waals surface area (Å²) < 4.78 is 14.0. The number of imidazole rings is 1. The average molecular weight is 507 g/mol. The summed E-state index contributed by atoms with van der Waals surface area (Å²) in [7, 11) is 3.33. The van der Waals surface area contributed by atoms with Crippen molar-refractivity contribution in [3.63, 3.8) is 0 Å². The molecule has 10 nitrogen and oxygen atoms in total. The van der Waals surface area contributed by atoms with Crippen LogP contribution in [0.2, 0.25) is 0 Å². The molecule has 0 aliphatic carbocycles. The summed E-state index contributed by atoms with van der Waals surface area (Å²) in [5, 5.41) is 3.64. The number of amides is 3. The van der Waals surface area contributed by atoms with Gasteiger partial charge in [-0.2, -0.15) is 0 Å². The van der Waals surface area contributed by atoms with Gasteiger partial charge in [-0.15, -0.1) is 0 Å². The first-order chi connectivity index (χ1) is 16.4. The monoisotopic (exact) mass is 506 g/mol. The van der Waals surface area contributed by atoms with Gasteiger partial charge in [0.2, 0.25) is 11.8 Å². The van der Waals surface area contributed by atoms with E-state index >= 15 is 0 Å². The lowest BCUT2D eigenvalue weighted by Gasteiger charge is -2.24. The van der Waals surface area contributed by atoms with E-state index in [9.17, 15) is 19.2 Å². The molecule has 202 valence electrons. The largest absolute Gasteiger partial charge is 0.444 e. The Bertz CT molecular complexity index is 1140. The van der Waals surface area contributed by atoms with E-state index in [-0.39, 0.29) is 31.9 Å². The smallest absolute Gasteiger partial charge is 0.410 e. The van der Waals surface area contributed by atoms with Gasteiger partial charge in [-0.05, 0) is 52.5 Å². The maximum Gasteiger partial charge on any atom is 0.410 e. The highest BCUT2D eigenvalue weighted by atomic mass is 16.6. The van der Waals surface area contributed by atoms with Crippen molar-refractivity contribution < 1.29 is 23.9 Å². The van der Waals surface area contributed by atoms with Gasteiger partial charge in [-0.1, -0.05) is 26.2 Å². The summed E-state index contributed by atoms with van der Waals surface area (Å²) in [5.41, 5.74) is -0.00333. The molecule has 36 heavy (non-hydrogen) atoms. The van der Waals surface area contributed by atoms with Crippen molar-refractivity contribution in [3.05, 3.63) is 33.8 Å². The van der Waals surface area contributed by atoms with Crippen molar-refractivity contribution in [1.29, 1.82) is 0 Å². The number of carbonyl (C=O) groups excluding carboxylic acids is 3. The standard InChI is InChI=1S/C25H38N4O6.CH4/c1-8-17(11-10-15-34-16-14-27(6)24(33)35-25(3,4)5)21-18(9-2)29(23(32)28(21)7)19-12-13-20(30)26-22(19)31;/h8-9,19H,1,10-16H2,2-7H3,(H,26,30,31);1H4/b18-9+,21-17-;. The van der Waals surface area contributed by atoms with E-state index < -0.39 is 23.6 Å². The molecule has 1 aromatic rings. The SMILES string of the molecule is C.C=C/C(CCCOCCN(C)C(=O)OC(C)(C)C)=c1\c(=C/C)n(C2CCC(=O)NC2=O)c(=O)n1C. The highest BCUT2D eigenvalue weighted by molar-refractivity contribution is 5.99. The number of nitrogens with one attached hydrogen (secondary N) is 1. The van der Waals surface area contributed by atoms with Crippen molar-refractivity contribution in [2.45, 2.75) is 72.4 Å². The zero-order valence-electron chi connectivity index (χ0n) is 21.7. The van der Waals surface area contributed by atoms with Gasteiger partial charge in [-0.3, -0.25) is 24.0 Å². The molecule has 1 atom stereocenters. The minimum atomic E-state index is -0.734. The quantitative estimate of drug-likeness (QED) is 0.402. The number of rotatable bonds is 9. The van der Waals surface area contributed by atoms with Crippen LogP contribution in [0.3, 0.4) is 0 Å². The van der Waals surface area contributed by atoms with Crippen molar-refractivity contribution in [2.75, 3.05) is 26.8 Å². The zero-order chi connectivity index (χ0) is 26.3. The third-order valence-corrected chi connectivity index (χ3v) is 5.69. The van der Waals surface area contributed by atoms with Crippen LogP contribution in [0.15, 0.2) is 17.4 Å². The van der Waals surface area contributed by atoms with Gasteiger partial charge >= 0.3 is 11.8 Å². The zero-order valence-corrected chi connectivity index (χ0v) is 21.7. The number of ether oxygens (including phenoxy) is 2. The minimum absolute atomic E-state index is 0. The number of hydrogen-bond acceptors (Lipinski definition) is 6. The van der Waals surface area contributed by atoms with Gasteiger partial charge < -0.3 is 14.4 Å². The topological polar surface area (TPSA) is 112 Å². The normalized spacial score (nSPS) is 17.3. The molecule has 2 rings (SSSR count). The molecule has 0 radical (unpaired) electrons. The Labute approximate surface area is 213 Å². The second-order valence-electron chi connectivity index (χ2n) is 9.55. The molecule has 0 bridgehead atoms. The van der Waals surface area contributed by atoms with Crippen LogP contribution in [-0.2, 0) is 26.1 Å². The van der Waals surface area contributed by atoms with Gasteiger partial charge in [-0.25, -0.2) is 9.59 Å². The van der Waals surface area contributed by atoms with Crippen LogP contribution in [0.4, 0.5) is 4.79 Å². The number of likely N-dealkylation sites (N-methyl/N-ethyl adjacent to an activating group) is 1. The van der Waals surface area contributed by atoms with Gasteiger partial charge in [0, 0.05) is 33.7 Å². The molecule has 0 spiro atoms. The molecule has 1 aliphatic heterocycles. The number of imide groups is 1. The number of piperidine rings is 1. The van der Waals surface area contributed by atoms with Crippen LogP contribution in [-0.4, -0.2) is 64.3 Å². The molecule has 0 saturated carbocycles. The first-order valence-corrected chi connectivity index (χ1v) is 11.9. The molecule has 1 fully saturated rings. The molecular weight excluding hydrogens is 464 g/mol. The summed E-state index contributed by atoms with van der Waals surface area (Å²) in [5.74, 6) is -0.790. The molecule has 0 aromatic carbocycles. The molecule has 1 aromatic heterocycles. The molecule has 1 aliphatic rings. The fourth-order valence-corrected chi connectivity index (χ4v) is 3.95. The van der Waals surface area contributed by atoms with Crippen LogP contribution in [0.5, 0.6) is 0 Å². The molecule has 2 heterocycles. The summed E-state index contributed by atoms with van der Waals surface area (Å²) in [6, 6.07) is -0.734. The predicted octanol–water partition coefficient (Wildman–Crippen LogP) is 1.60. The number of allylic oxidation sites excluding steroid dienone is 1. The lowest BCUT2D eigenvalue weighted by molar-refractivity contribution is -0.135. The average Bonchev–Trinajstić information content (AvgIpc) is 3.02. The minimum Gasteiger partial charge on any atom is -0.444 e. The summed E-state index contributed by atoms with van der Waals surface area (Å²) in [6.45, 7) is 12.4. The summed E-state index contributed by atoms with van der Waals surface area (Å²) in [6.07, 6.45) is 4.88. The Morgan fingerprint density at radius 3 is 2.47 bits per heavy atom. The second kappa shape index (κ2) is 13.2. The van der Waals surface area contributed by atoms with Crippen molar-refractivity contribution in [2.24, 2.45) is 7.05 Å². The van der Waals surface area contributed by atoms with Crippen LogP contribution < -0.4 is 21.7 Å². The van der Waals surface area contributed by atoms with E-state index in [0.29, 0.717) is 43.3 Å². The Kier molecular flexibility index (Phi) is 11.4. The summed E-state index contributed by atoms with van der Waals surface area (Å²) >= 11 is 0. The fourth-order valence-electron chi connectivity index (χ4n) is 3.95. The maximum atomic E-state index is 13.1. The van der Waals surface area contributed by atoms with E-state index in [2.05, 4.69) is 11.9 Å². The van der Waals surface area contributed by atoms with E-state index in [1.165, 1.54) is 14.0 Å². The van der Waals surface area contributed by atoms with E-state index in [1.54, 1.807) is 26.2 Å². The van der Waals surface area contributed by atoms with Crippen LogP contribution in [0, 0.1) is 0 Å². The number of hydrogen-bond donors (Lipinski definition) is 1. The fraction of sp³-hybridized carbons (Fsp3) is 0.615. The Morgan fingerprint density at radius 1 is 1.25 bits per heavy atom. The predicted molar refractivity (Wildman–Crippen MR) is 140 cm³/mol. The molecule has 10 heteroatoms. The number of nitrogens with zero attached hydrogens (tertiary/aromatic N) is 3. The maximum absolute atomic E-state index is 13.1. The number of aromatic nitrogens is 2. The highest BCUT2D eigenvalue weighted by Crippen LogP contribution is 2.15. The van der Waals surface area contributed by atoms with Crippen LogP contribution in [0.25, 0.3) is 11.6 Å². The molecule has 1 saturated heterocycles. The van der Waals surface area contributed by atoms with Crippen LogP contribution >= 0.6 is 0 Å². The van der Waals surface area contributed by atoms with Crippen molar-refractivity contribution >= 4 is 29.6 Å². The third-order valence-electron chi connectivity index (χ3n) is 5.69. The lowest BCUT2D eigenvalue weighted by atomic mass is 10.1. The number of carbonyl (C=O) groups is 3.